The van der Waals surface area contributed by atoms with Crippen molar-refractivity contribution in [3.8, 4) is 0 Å². The molecule has 2 aliphatic rings. The molecule has 0 aliphatic carbocycles. The van der Waals surface area contributed by atoms with Crippen molar-refractivity contribution >= 4 is 17.5 Å². The van der Waals surface area contributed by atoms with Crippen molar-refractivity contribution < 1.29 is 4.74 Å². The van der Waals surface area contributed by atoms with Crippen LogP contribution in [0.4, 0.5) is 11.4 Å². The van der Waals surface area contributed by atoms with E-state index in [2.05, 4.69) is 98.4 Å². The molecule has 2 aromatic rings. The zero-order valence-corrected chi connectivity index (χ0v) is 15.2. The number of ether oxygens (including phenoxy) is 1. The summed E-state index contributed by atoms with van der Waals surface area (Å²) in [6, 6.07) is 17.1. The largest absolute Gasteiger partial charge is 0.469 e. The Morgan fingerprint density at radius 1 is 1.00 bits per heavy atom. The molecule has 0 saturated carbocycles. The second kappa shape index (κ2) is 5.41. The lowest BCUT2D eigenvalue weighted by Gasteiger charge is -2.39. The minimum Gasteiger partial charge on any atom is -0.469 e. The summed E-state index contributed by atoms with van der Waals surface area (Å²) in [5.74, 6) is 0. The van der Waals surface area contributed by atoms with E-state index in [-0.39, 0.29) is 5.41 Å². The van der Waals surface area contributed by atoms with Gasteiger partial charge in [0.05, 0.1) is 5.41 Å². The van der Waals surface area contributed by atoms with Crippen LogP contribution in [-0.4, -0.2) is 19.8 Å². The highest BCUT2D eigenvalue weighted by Gasteiger charge is 2.58. The third-order valence-corrected chi connectivity index (χ3v) is 5.46. The van der Waals surface area contributed by atoms with Crippen LogP contribution in [-0.2, 0) is 10.2 Å². The smallest absolute Gasteiger partial charge is 0.215 e. The van der Waals surface area contributed by atoms with Crippen LogP contribution in [0.5, 0.6) is 0 Å². The van der Waals surface area contributed by atoms with Gasteiger partial charge >= 0.3 is 0 Å². The van der Waals surface area contributed by atoms with E-state index < -0.39 is 5.72 Å². The topological polar surface area (TPSA) is 15.7 Å². The first kappa shape index (κ1) is 15.8. The average molecular weight is 332 g/mol. The monoisotopic (exact) mass is 332 g/mol. The lowest BCUT2D eigenvalue weighted by molar-refractivity contribution is 0.0386. The molecule has 1 unspecified atom stereocenters. The Morgan fingerprint density at radius 2 is 1.72 bits per heavy atom. The first-order valence-electron chi connectivity index (χ1n) is 8.66. The van der Waals surface area contributed by atoms with Gasteiger partial charge in [-0.1, -0.05) is 36.4 Å². The maximum atomic E-state index is 6.20. The van der Waals surface area contributed by atoms with Crippen LogP contribution in [0.15, 0.2) is 67.1 Å². The molecule has 0 saturated heterocycles. The normalized spacial score (nSPS) is 22.8. The van der Waals surface area contributed by atoms with Crippen molar-refractivity contribution in [3.05, 3.63) is 78.2 Å². The standard InChI is InChI=1S/C22H24N2O/c1-21(2)19-7-5-6-8-20(19)24-15-16-25-22(21,24)14-13-17-9-11-18(12-10-17)23(3)4/h5-16H,1-4H3/b14-13+. The summed E-state index contributed by atoms with van der Waals surface area (Å²) < 4.78 is 6.20. The molecule has 2 heterocycles. The van der Waals surface area contributed by atoms with Gasteiger partial charge in [0.25, 0.3) is 0 Å². The Hall–Kier alpha value is -2.68. The molecule has 0 radical (unpaired) electrons. The Bertz CT molecular complexity index is 849. The van der Waals surface area contributed by atoms with Crippen molar-refractivity contribution in [3.63, 3.8) is 0 Å². The predicted octanol–water partition coefficient (Wildman–Crippen LogP) is 4.76. The number of rotatable bonds is 3. The van der Waals surface area contributed by atoms with E-state index in [4.69, 9.17) is 4.74 Å². The summed E-state index contributed by atoms with van der Waals surface area (Å²) in [5, 5.41) is 0. The zero-order valence-electron chi connectivity index (χ0n) is 15.2. The van der Waals surface area contributed by atoms with Gasteiger partial charge in [0.2, 0.25) is 5.72 Å². The van der Waals surface area contributed by atoms with Crippen molar-refractivity contribution in [1.82, 2.24) is 0 Å². The second-order valence-electron chi connectivity index (χ2n) is 7.43. The quantitative estimate of drug-likeness (QED) is 0.806. The minimum absolute atomic E-state index is 0.160. The molecule has 3 nitrogen and oxygen atoms in total. The molecule has 128 valence electrons. The van der Waals surface area contributed by atoms with Gasteiger partial charge in [-0.15, -0.1) is 0 Å². The van der Waals surface area contributed by atoms with Gasteiger partial charge in [-0.3, -0.25) is 0 Å². The lowest BCUT2D eigenvalue weighted by atomic mass is 9.77. The minimum atomic E-state index is -0.517. The van der Waals surface area contributed by atoms with Crippen molar-refractivity contribution in [2.45, 2.75) is 25.0 Å². The van der Waals surface area contributed by atoms with E-state index in [0.717, 1.165) is 0 Å². The van der Waals surface area contributed by atoms with Crippen LogP contribution in [0.1, 0.15) is 25.0 Å². The highest BCUT2D eigenvalue weighted by molar-refractivity contribution is 5.71. The number of benzene rings is 2. The molecule has 0 spiro atoms. The van der Waals surface area contributed by atoms with Crippen LogP contribution in [0, 0.1) is 0 Å². The van der Waals surface area contributed by atoms with Gasteiger partial charge in [0.1, 0.15) is 6.26 Å². The molecular formula is C22H24N2O. The molecule has 3 heteroatoms. The van der Waals surface area contributed by atoms with Crippen LogP contribution < -0.4 is 9.80 Å². The number of nitrogens with zero attached hydrogens (tertiary/aromatic N) is 2. The predicted molar refractivity (Wildman–Crippen MR) is 105 cm³/mol. The molecule has 1 atom stereocenters. The molecule has 0 fully saturated rings. The Balaban J connectivity index is 1.72. The Morgan fingerprint density at radius 3 is 2.44 bits per heavy atom. The summed E-state index contributed by atoms with van der Waals surface area (Å²) in [6.45, 7) is 4.50. The molecular weight excluding hydrogens is 308 g/mol. The SMILES string of the molecule is CN(C)c1ccc(/C=C/C23OC=CN2c2ccccc2C3(C)C)cc1. The van der Waals surface area contributed by atoms with Crippen LogP contribution in [0.3, 0.4) is 0 Å². The maximum Gasteiger partial charge on any atom is 0.215 e. The summed E-state index contributed by atoms with van der Waals surface area (Å²) in [6.07, 6.45) is 8.19. The average Bonchev–Trinajstić information content (AvgIpc) is 3.12. The van der Waals surface area contributed by atoms with Gasteiger partial charge in [-0.2, -0.15) is 0 Å². The molecule has 4 rings (SSSR count). The van der Waals surface area contributed by atoms with Crippen LogP contribution >= 0.6 is 0 Å². The van der Waals surface area contributed by atoms with Gasteiger partial charge in [0, 0.05) is 31.7 Å². The van der Waals surface area contributed by atoms with E-state index in [1.54, 1.807) is 6.26 Å². The molecule has 0 bridgehead atoms. The number of anilines is 2. The first-order valence-corrected chi connectivity index (χ1v) is 8.66. The van der Waals surface area contributed by atoms with Gasteiger partial charge in [0.15, 0.2) is 0 Å². The highest BCUT2D eigenvalue weighted by Crippen LogP contribution is 2.55. The highest BCUT2D eigenvalue weighted by atomic mass is 16.5. The van der Waals surface area contributed by atoms with Gasteiger partial charge in [-0.25, -0.2) is 0 Å². The lowest BCUT2D eigenvalue weighted by Crippen LogP contribution is -2.51. The fourth-order valence-corrected chi connectivity index (χ4v) is 3.90. The van der Waals surface area contributed by atoms with Gasteiger partial charge in [-0.05, 0) is 49.2 Å². The summed E-state index contributed by atoms with van der Waals surface area (Å²) in [7, 11) is 4.11. The van der Waals surface area contributed by atoms with Crippen molar-refractivity contribution in [1.29, 1.82) is 0 Å². The summed E-state index contributed by atoms with van der Waals surface area (Å²) in [4.78, 5) is 4.35. The van der Waals surface area contributed by atoms with Crippen LogP contribution in [0.25, 0.3) is 6.08 Å². The zero-order chi connectivity index (χ0) is 17.7. The fraction of sp³-hybridized carbons (Fsp3) is 0.273. The number of hydrogen-bond acceptors (Lipinski definition) is 3. The third-order valence-electron chi connectivity index (χ3n) is 5.46. The van der Waals surface area contributed by atoms with Gasteiger partial charge < -0.3 is 14.5 Å². The van der Waals surface area contributed by atoms with E-state index in [1.165, 1.54) is 22.5 Å². The number of hydrogen-bond donors (Lipinski definition) is 0. The number of fused-ring (bicyclic) bond motifs is 3. The van der Waals surface area contributed by atoms with E-state index in [0.29, 0.717) is 0 Å². The van der Waals surface area contributed by atoms with E-state index in [1.807, 2.05) is 6.20 Å². The number of para-hydroxylation sites is 1. The van der Waals surface area contributed by atoms with E-state index in [9.17, 15) is 0 Å². The summed E-state index contributed by atoms with van der Waals surface area (Å²) >= 11 is 0. The molecule has 0 N–H and O–H groups in total. The first-order chi connectivity index (χ1) is 12.0. The summed E-state index contributed by atoms with van der Waals surface area (Å²) in [5.41, 5.74) is 4.22. The second-order valence-corrected chi connectivity index (χ2v) is 7.43. The third kappa shape index (κ3) is 2.19. The van der Waals surface area contributed by atoms with Crippen molar-refractivity contribution in [2.75, 3.05) is 23.9 Å². The molecule has 0 amide bonds. The fourth-order valence-electron chi connectivity index (χ4n) is 3.90. The van der Waals surface area contributed by atoms with Crippen LogP contribution in [0.2, 0.25) is 0 Å². The van der Waals surface area contributed by atoms with E-state index >= 15 is 0 Å². The molecule has 2 aromatic carbocycles. The molecule has 2 aliphatic heterocycles. The molecule has 25 heavy (non-hydrogen) atoms. The maximum absolute atomic E-state index is 6.20. The Labute approximate surface area is 149 Å². The molecule has 0 aromatic heterocycles. The van der Waals surface area contributed by atoms with Crippen molar-refractivity contribution in [2.24, 2.45) is 0 Å². The Kier molecular flexibility index (Phi) is 3.43.